The van der Waals surface area contributed by atoms with Crippen molar-refractivity contribution in [2.75, 3.05) is 18.2 Å². The SMILES string of the molecule is CCCCCCCSc1nnc2c(n1)OC(c1cc(I)c(O)c(OC)c1)Nc1ccccc1-2. The van der Waals surface area contributed by atoms with E-state index in [4.69, 9.17) is 14.5 Å². The summed E-state index contributed by atoms with van der Waals surface area (Å²) in [5.41, 5.74) is 3.16. The Hall–Kier alpha value is -2.27. The molecule has 0 fully saturated rings. The Morgan fingerprint density at radius 3 is 2.79 bits per heavy atom. The lowest BCUT2D eigenvalue weighted by atomic mass is 10.1. The number of aromatic hydroxyl groups is 1. The molecule has 2 heterocycles. The summed E-state index contributed by atoms with van der Waals surface area (Å²) < 4.78 is 12.4. The van der Waals surface area contributed by atoms with Gasteiger partial charge in [0.25, 0.3) is 0 Å². The predicted octanol–water partition coefficient (Wildman–Crippen LogP) is 6.42. The second-order valence-corrected chi connectivity index (χ2v) is 9.98. The van der Waals surface area contributed by atoms with E-state index in [1.165, 1.54) is 32.8 Å². The van der Waals surface area contributed by atoms with Crippen LogP contribution in [-0.4, -0.2) is 33.2 Å². The van der Waals surface area contributed by atoms with E-state index in [-0.39, 0.29) is 5.75 Å². The number of hydrogen-bond acceptors (Lipinski definition) is 8. The number of halogens is 1. The minimum atomic E-state index is -0.543. The summed E-state index contributed by atoms with van der Waals surface area (Å²) in [6, 6.07) is 11.5. The predicted molar refractivity (Wildman–Crippen MR) is 139 cm³/mol. The fourth-order valence-corrected chi connectivity index (χ4v) is 5.03. The van der Waals surface area contributed by atoms with Gasteiger partial charge in [0.05, 0.1) is 10.7 Å². The number of thioether (sulfide) groups is 1. The number of fused-ring (bicyclic) bond motifs is 3. The largest absolute Gasteiger partial charge is 0.504 e. The molecule has 0 aliphatic carbocycles. The van der Waals surface area contributed by atoms with Crippen LogP contribution in [0.5, 0.6) is 17.4 Å². The van der Waals surface area contributed by atoms with Crippen molar-refractivity contribution in [3.05, 3.63) is 45.5 Å². The fourth-order valence-electron chi connectivity index (χ4n) is 3.63. The molecule has 2 N–H and O–H groups in total. The summed E-state index contributed by atoms with van der Waals surface area (Å²) in [6.07, 6.45) is 5.60. The number of phenols is 1. The minimum absolute atomic E-state index is 0.109. The lowest BCUT2D eigenvalue weighted by Gasteiger charge is -2.20. The highest BCUT2D eigenvalue weighted by molar-refractivity contribution is 14.1. The van der Waals surface area contributed by atoms with E-state index >= 15 is 0 Å². The Morgan fingerprint density at radius 2 is 1.97 bits per heavy atom. The first-order valence-corrected chi connectivity index (χ1v) is 13.1. The van der Waals surface area contributed by atoms with Crippen LogP contribution < -0.4 is 14.8 Å². The van der Waals surface area contributed by atoms with Gasteiger partial charge in [0.15, 0.2) is 23.4 Å². The molecule has 174 valence electrons. The zero-order valence-electron chi connectivity index (χ0n) is 18.7. The third-order valence-corrected chi connectivity index (χ3v) is 7.13. The summed E-state index contributed by atoms with van der Waals surface area (Å²) in [7, 11) is 1.53. The number of hydrogen-bond donors (Lipinski definition) is 2. The number of anilines is 1. The van der Waals surface area contributed by atoms with Crippen LogP contribution in [0.25, 0.3) is 11.3 Å². The first kappa shape index (κ1) is 23.9. The number of para-hydroxylation sites is 1. The highest BCUT2D eigenvalue weighted by Gasteiger charge is 2.27. The van der Waals surface area contributed by atoms with Gasteiger partial charge in [0.2, 0.25) is 11.0 Å². The van der Waals surface area contributed by atoms with Crippen molar-refractivity contribution < 1.29 is 14.6 Å². The lowest BCUT2D eigenvalue weighted by molar-refractivity contribution is 0.224. The van der Waals surface area contributed by atoms with Crippen LogP contribution in [0.4, 0.5) is 5.69 Å². The van der Waals surface area contributed by atoms with Crippen LogP contribution in [0, 0.1) is 3.57 Å². The molecule has 1 aliphatic heterocycles. The zero-order chi connectivity index (χ0) is 23.2. The molecule has 33 heavy (non-hydrogen) atoms. The molecule has 1 aromatic heterocycles. The van der Waals surface area contributed by atoms with Crippen molar-refractivity contribution >= 4 is 40.0 Å². The van der Waals surface area contributed by atoms with Crippen molar-refractivity contribution in [1.82, 2.24) is 15.2 Å². The van der Waals surface area contributed by atoms with Gasteiger partial charge in [-0.2, -0.15) is 4.98 Å². The Morgan fingerprint density at radius 1 is 1.15 bits per heavy atom. The van der Waals surface area contributed by atoms with Crippen LogP contribution >= 0.6 is 34.4 Å². The Bertz CT molecular complexity index is 1120. The molecule has 9 heteroatoms. The van der Waals surface area contributed by atoms with Crippen molar-refractivity contribution in [3.63, 3.8) is 0 Å². The van der Waals surface area contributed by atoms with E-state index in [1.807, 2.05) is 30.3 Å². The van der Waals surface area contributed by atoms with Gasteiger partial charge < -0.3 is 19.9 Å². The monoisotopic (exact) mass is 578 g/mol. The number of unbranched alkanes of at least 4 members (excludes halogenated alkanes) is 4. The Kier molecular flexibility index (Phi) is 8.13. The van der Waals surface area contributed by atoms with Gasteiger partial charge in [-0.15, -0.1) is 10.2 Å². The van der Waals surface area contributed by atoms with Crippen LogP contribution in [0.15, 0.2) is 41.6 Å². The molecule has 2 aromatic carbocycles. The molecular weight excluding hydrogens is 551 g/mol. The minimum Gasteiger partial charge on any atom is -0.504 e. The van der Waals surface area contributed by atoms with E-state index in [2.05, 4.69) is 45.0 Å². The molecule has 0 saturated carbocycles. The van der Waals surface area contributed by atoms with E-state index < -0.39 is 6.23 Å². The van der Waals surface area contributed by atoms with Crippen molar-refractivity contribution in [2.24, 2.45) is 0 Å². The number of ether oxygens (including phenoxy) is 2. The fraction of sp³-hybridized carbons (Fsp3) is 0.375. The third-order valence-electron chi connectivity index (χ3n) is 5.39. The molecule has 1 aliphatic rings. The first-order valence-electron chi connectivity index (χ1n) is 11.1. The number of aromatic nitrogens is 3. The van der Waals surface area contributed by atoms with Gasteiger partial charge in [-0.3, -0.25) is 0 Å². The normalized spacial score (nSPS) is 14.5. The molecule has 1 atom stereocenters. The Balaban J connectivity index is 1.62. The van der Waals surface area contributed by atoms with Crippen molar-refractivity contribution in [3.8, 4) is 28.6 Å². The van der Waals surface area contributed by atoms with E-state index in [1.54, 1.807) is 17.8 Å². The van der Waals surface area contributed by atoms with Crippen molar-refractivity contribution in [1.29, 1.82) is 0 Å². The molecule has 4 rings (SSSR count). The summed E-state index contributed by atoms with van der Waals surface area (Å²) in [5.74, 6) is 1.89. The van der Waals surface area contributed by atoms with Crippen molar-refractivity contribution in [2.45, 2.75) is 50.4 Å². The zero-order valence-corrected chi connectivity index (χ0v) is 21.6. The van der Waals surface area contributed by atoms with Gasteiger partial charge in [-0.1, -0.05) is 62.6 Å². The second kappa shape index (κ2) is 11.2. The van der Waals surface area contributed by atoms with E-state index in [0.717, 1.165) is 29.0 Å². The van der Waals surface area contributed by atoms with Crippen LogP contribution in [0.1, 0.15) is 50.8 Å². The number of nitrogens with zero attached hydrogens (tertiary/aromatic N) is 3. The maximum absolute atomic E-state index is 10.3. The average Bonchev–Trinajstić information content (AvgIpc) is 2.99. The molecular formula is C24H27IN4O3S. The van der Waals surface area contributed by atoms with Crippen LogP contribution in [0.2, 0.25) is 0 Å². The number of phenolic OH excluding ortho intramolecular Hbond substituents is 1. The average molecular weight is 578 g/mol. The van der Waals surface area contributed by atoms with E-state index in [9.17, 15) is 5.11 Å². The van der Waals surface area contributed by atoms with E-state index in [0.29, 0.717) is 26.1 Å². The summed E-state index contributed by atoms with van der Waals surface area (Å²) in [6.45, 7) is 2.22. The number of nitrogens with one attached hydrogen (secondary N) is 1. The third kappa shape index (κ3) is 5.63. The molecule has 7 nitrogen and oxygen atoms in total. The van der Waals surface area contributed by atoms with Gasteiger partial charge >= 0.3 is 0 Å². The van der Waals surface area contributed by atoms with Gasteiger partial charge in [-0.05, 0) is 47.2 Å². The standard InChI is InChI=1S/C24H27IN4O3S/c1-3-4-5-6-9-12-33-24-27-23-20(28-29-24)16-10-7-8-11-18(16)26-22(32-23)15-13-17(25)21(30)19(14-15)31-2/h7-8,10-11,13-14,22,26,30H,3-6,9,12H2,1-2H3. The molecule has 0 bridgehead atoms. The van der Waals surface area contributed by atoms with Crippen LogP contribution in [-0.2, 0) is 0 Å². The second-order valence-electron chi connectivity index (χ2n) is 7.75. The maximum atomic E-state index is 10.3. The number of methoxy groups -OCH3 is 1. The van der Waals surface area contributed by atoms with Crippen LogP contribution in [0.3, 0.4) is 0 Å². The molecule has 0 saturated heterocycles. The Labute approximate surface area is 211 Å². The molecule has 1 unspecified atom stereocenters. The summed E-state index contributed by atoms with van der Waals surface area (Å²) in [5, 5.41) is 23.1. The molecule has 0 radical (unpaired) electrons. The smallest absolute Gasteiger partial charge is 0.247 e. The number of benzene rings is 2. The molecule has 0 amide bonds. The highest BCUT2D eigenvalue weighted by atomic mass is 127. The first-order chi connectivity index (χ1) is 16.1. The van der Waals surface area contributed by atoms with Gasteiger partial charge in [-0.25, -0.2) is 0 Å². The quantitative estimate of drug-likeness (QED) is 0.171. The maximum Gasteiger partial charge on any atom is 0.247 e. The highest BCUT2D eigenvalue weighted by Crippen LogP contribution is 2.41. The topological polar surface area (TPSA) is 89.4 Å². The lowest BCUT2D eigenvalue weighted by Crippen LogP contribution is -2.17. The molecule has 3 aromatic rings. The van der Waals surface area contributed by atoms with Gasteiger partial charge in [0.1, 0.15) is 0 Å². The summed E-state index contributed by atoms with van der Waals surface area (Å²) in [4.78, 5) is 4.71. The van der Waals surface area contributed by atoms with Gasteiger partial charge in [0, 0.05) is 22.6 Å². The molecule has 0 spiro atoms. The summed E-state index contributed by atoms with van der Waals surface area (Å²) >= 11 is 3.69. The number of rotatable bonds is 9.